The summed E-state index contributed by atoms with van der Waals surface area (Å²) in [5.41, 5.74) is 7.59. The van der Waals surface area contributed by atoms with E-state index in [2.05, 4.69) is 15.9 Å². The average molecular weight is 363 g/mol. The van der Waals surface area contributed by atoms with E-state index in [0.717, 1.165) is 26.4 Å². The van der Waals surface area contributed by atoms with Crippen molar-refractivity contribution in [2.75, 3.05) is 5.73 Å². The van der Waals surface area contributed by atoms with Crippen LogP contribution in [0.3, 0.4) is 0 Å². The van der Waals surface area contributed by atoms with Crippen LogP contribution in [-0.2, 0) is 5.75 Å². The van der Waals surface area contributed by atoms with Crippen LogP contribution in [0.1, 0.15) is 5.56 Å². The minimum atomic E-state index is 0.582. The standard InChI is InChI=1S/C13H10BrCl2NS/c14-10-6-9(17)2-4-13(10)18-7-8-1-3-11(15)12(16)5-8/h1-6H,7,17H2. The third kappa shape index (κ3) is 3.58. The molecule has 2 aromatic rings. The molecular formula is C13H10BrCl2NS. The average Bonchev–Trinajstić information content (AvgIpc) is 2.32. The first-order valence-electron chi connectivity index (χ1n) is 5.18. The molecule has 0 aliphatic heterocycles. The number of anilines is 1. The Bertz CT molecular complexity index is 575. The van der Waals surface area contributed by atoms with Gasteiger partial charge in [-0.3, -0.25) is 0 Å². The van der Waals surface area contributed by atoms with Crippen LogP contribution in [0.4, 0.5) is 5.69 Å². The fourth-order valence-electron chi connectivity index (χ4n) is 1.42. The minimum Gasteiger partial charge on any atom is -0.399 e. The molecule has 0 unspecified atom stereocenters. The van der Waals surface area contributed by atoms with E-state index in [1.54, 1.807) is 11.8 Å². The Morgan fingerprint density at radius 2 is 1.83 bits per heavy atom. The van der Waals surface area contributed by atoms with Crippen LogP contribution in [0.5, 0.6) is 0 Å². The molecule has 0 aromatic heterocycles. The lowest BCUT2D eigenvalue weighted by atomic mass is 10.2. The monoisotopic (exact) mass is 361 g/mol. The number of halogens is 3. The van der Waals surface area contributed by atoms with Crippen molar-refractivity contribution < 1.29 is 0 Å². The van der Waals surface area contributed by atoms with Gasteiger partial charge in [0.05, 0.1) is 10.0 Å². The molecule has 0 heterocycles. The molecular weight excluding hydrogens is 353 g/mol. The maximum Gasteiger partial charge on any atom is 0.0595 e. The molecule has 2 rings (SSSR count). The molecule has 0 atom stereocenters. The zero-order valence-corrected chi connectivity index (χ0v) is 13.2. The van der Waals surface area contributed by atoms with Gasteiger partial charge in [0.1, 0.15) is 0 Å². The Hall–Kier alpha value is -0.350. The molecule has 2 N–H and O–H groups in total. The van der Waals surface area contributed by atoms with Crippen molar-refractivity contribution in [2.24, 2.45) is 0 Å². The van der Waals surface area contributed by atoms with Crippen molar-refractivity contribution >= 4 is 56.6 Å². The lowest BCUT2D eigenvalue weighted by Gasteiger charge is -2.06. The van der Waals surface area contributed by atoms with E-state index in [0.29, 0.717) is 10.0 Å². The van der Waals surface area contributed by atoms with Gasteiger partial charge in [-0.2, -0.15) is 0 Å². The zero-order valence-electron chi connectivity index (χ0n) is 9.29. The Kier molecular flexibility index (Phi) is 4.84. The predicted octanol–water partition coefficient (Wildman–Crippen LogP) is 5.63. The van der Waals surface area contributed by atoms with Crippen LogP contribution < -0.4 is 5.73 Å². The highest BCUT2D eigenvalue weighted by Crippen LogP contribution is 2.32. The first-order valence-corrected chi connectivity index (χ1v) is 7.71. The van der Waals surface area contributed by atoms with E-state index in [4.69, 9.17) is 28.9 Å². The lowest BCUT2D eigenvalue weighted by Crippen LogP contribution is -1.86. The van der Waals surface area contributed by atoms with Crippen molar-refractivity contribution in [3.8, 4) is 0 Å². The van der Waals surface area contributed by atoms with Crippen LogP contribution in [0.25, 0.3) is 0 Å². The molecule has 5 heteroatoms. The van der Waals surface area contributed by atoms with Crippen molar-refractivity contribution in [3.63, 3.8) is 0 Å². The van der Waals surface area contributed by atoms with Gasteiger partial charge in [-0.15, -0.1) is 11.8 Å². The molecule has 18 heavy (non-hydrogen) atoms. The van der Waals surface area contributed by atoms with Crippen LogP contribution in [-0.4, -0.2) is 0 Å². The SMILES string of the molecule is Nc1ccc(SCc2ccc(Cl)c(Cl)c2)c(Br)c1. The van der Waals surface area contributed by atoms with E-state index in [9.17, 15) is 0 Å². The van der Waals surface area contributed by atoms with Crippen molar-refractivity contribution in [3.05, 3.63) is 56.5 Å². The molecule has 0 saturated carbocycles. The molecule has 0 radical (unpaired) electrons. The fraction of sp³-hybridized carbons (Fsp3) is 0.0769. The quantitative estimate of drug-likeness (QED) is 0.565. The second kappa shape index (κ2) is 6.20. The van der Waals surface area contributed by atoms with E-state index in [1.807, 2.05) is 36.4 Å². The first kappa shape index (κ1) is 14.1. The summed E-state index contributed by atoms with van der Waals surface area (Å²) >= 11 is 17.1. The highest BCUT2D eigenvalue weighted by atomic mass is 79.9. The third-order valence-electron chi connectivity index (χ3n) is 2.33. The molecule has 0 amide bonds. The molecule has 0 saturated heterocycles. The number of hydrogen-bond acceptors (Lipinski definition) is 2. The second-order valence-corrected chi connectivity index (χ2v) is 6.41. The smallest absolute Gasteiger partial charge is 0.0595 e. The summed E-state index contributed by atoms with van der Waals surface area (Å²) in [4.78, 5) is 1.15. The number of nitrogens with two attached hydrogens (primary N) is 1. The lowest BCUT2D eigenvalue weighted by molar-refractivity contribution is 1.36. The maximum absolute atomic E-state index is 5.98. The fourth-order valence-corrected chi connectivity index (χ4v) is 3.35. The van der Waals surface area contributed by atoms with Crippen LogP contribution in [0.2, 0.25) is 10.0 Å². The van der Waals surface area contributed by atoms with Gasteiger partial charge in [-0.05, 0) is 51.8 Å². The van der Waals surface area contributed by atoms with E-state index >= 15 is 0 Å². The molecule has 0 fully saturated rings. The topological polar surface area (TPSA) is 26.0 Å². The summed E-state index contributed by atoms with van der Waals surface area (Å²) in [5.74, 6) is 0.833. The van der Waals surface area contributed by atoms with E-state index < -0.39 is 0 Å². The van der Waals surface area contributed by atoms with E-state index in [1.165, 1.54) is 0 Å². The largest absolute Gasteiger partial charge is 0.399 e. The van der Waals surface area contributed by atoms with Crippen molar-refractivity contribution in [1.82, 2.24) is 0 Å². The number of thioether (sulfide) groups is 1. The van der Waals surface area contributed by atoms with Gasteiger partial charge in [0.25, 0.3) is 0 Å². The van der Waals surface area contributed by atoms with E-state index in [-0.39, 0.29) is 0 Å². The summed E-state index contributed by atoms with van der Waals surface area (Å²) in [5, 5.41) is 1.17. The van der Waals surface area contributed by atoms with Gasteiger partial charge in [-0.25, -0.2) is 0 Å². The van der Waals surface area contributed by atoms with Gasteiger partial charge in [0, 0.05) is 20.8 Å². The Labute approximate surface area is 129 Å². The van der Waals surface area contributed by atoms with Crippen molar-refractivity contribution in [1.29, 1.82) is 0 Å². The summed E-state index contributed by atoms with van der Waals surface area (Å²) in [6.45, 7) is 0. The summed E-state index contributed by atoms with van der Waals surface area (Å²) < 4.78 is 1.01. The molecule has 0 spiro atoms. The molecule has 0 aliphatic rings. The molecule has 2 aromatic carbocycles. The van der Waals surface area contributed by atoms with Gasteiger partial charge in [-0.1, -0.05) is 29.3 Å². The highest BCUT2D eigenvalue weighted by molar-refractivity contribution is 9.10. The summed E-state index contributed by atoms with van der Waals surface area (Å²) in [6, 6.07) is 11.5. The molecule has 0 bridgehead atoms. The minimum absolute atomic E-state index is 0.582. The molecule has 0 aliphatic carbocycles. The van der Waals surface area contributed by atoms with Gasteiger partial charge in [0.2, 0.25) is 0 Å². The first-order chi connectivity index (χ1) is 8.56. The number of hydrogen-bond donors (Lipinski definition) is 1. The Morgan fingerprint density at radius 3 is 2.50 bits per heavy atom. The van der Waals surface area contributed by atoms with Gasteiger partial charge >= 0.3 is 0 Å². The summed E-state index contributed by atoms with van der Waals surface area (Å²) in [7, 11) is 0. The normalized spacial score (nSPS) is 10.6. The Balaban J connectivity index is 2.09. The third-order valence-corrected chi connectivity index (χ3v) is 5.14. The summed E-state index contributed by atoms with van der Waals surface area (Å²) in [6.07, 6.45) is 0. The highest BCUT2D eigenvalue weighted by Gasteiger charge is 2.04. The number of rotatable bonds is 3. The van der Waals surface area contributed by atoms with Gasteiger partial charge in [0.15, 0.2) is 0 Å². The maximum atomic E-state index is 5.98. The van der Waals surface area contributed by atoms with Gasteiger partial charge < -0.3 is 5.73 Å². The predicted molar refractivity (Wildman–Crippen MR) is 84.6 cm³/mol. The Morgan fingerprint density at radius 1 is 1.06 bits per heavy atom. The number of nitrogen functional groups attached to an aromatic ring is 1. The molecule has 94 valence electrons. The zero-order chi connectivity index (χ0) is 13.1. The second-order valence-electron chi connectivity index (χ2n) is 3.73. The van der Waals surface area contributed by atoms with Crippen LogP contribution >= 0.6 is 50.9 Å². The van der Waals surface area contributed by atoms with Crippen molar-refractivity contribution in [2.45, 2.75) is 10.6 Å². The van der Waals surface area contributed by atoms with Crippen LogP contribution in [0.15, 0.2) is 45.8 Å². The molecule has 1 nitrogen and oxygen atoms in total. The number of benzene rings is 2. The van der Waals surface area contributed by atoms with Crippen LogP contribution in [0, 0.1) is 0 Å².